The van der Waals surface area contributed by atoms with Crippen molar-refractivity contribution in [2.24, 2.45) is 10.8 Å². The number of hydrogen-bond donors (Lipinski definition) is 1. The largest absolute Gasteiger partial charge is 0.393 e. The van der Waals surface area contributed by atoms with E-state index in [1.54, 1.807) is 0 Å². The zero-order valence-electron chi connectivity index (χ0n) is 16.2. The van der Waals surface area contributed by atoms with E-state index in [-0.39, 0.29) is 16.9 Å². The summed E-state index contributed by atoms with van der Waals surface area (Å²) < 4.78 is 0. The molecular weight excluding hydrogens is 311 g/mol. The van der Waals surface area contributed by atoms with Gasteiger partial charge in [-0.1, -0.05) is 65.3 Å². The Bertz CT molecular complexity index is 626. The van der Waals surface area contributed by atoms with Crippen molar-refractivity contribution < 1.29 is 5.11 Å². The van der Waals surface area contributed by atoms with E-state index in [9.17, 15) is 5.11 Å². The van der Waals surface area contributed by atoms with Gasteiger partial charge in [0.15, 0.2) is 0 Å². The fraction of sp³-hybridized carbons (Fsp3) is 0.591. The highest BCUT2D eigenvalue weighted by atomic mass is 31.1. The molecular formula is C22H33OP. The third-order valence-electron chi connectivity index (χ3n) is 5.51. The Morgan fingerprint density at radius 3 is 2.50 bits per heavy atom. The van der Waals surface area contributed by atoms with E-state index >= 15 is 0 Å². The highest BCUT2D eigenvalue weighted by molar-refractivity contribution is 7.42. The van der Waals surface area contributed by atoms with Crippen LogP contribution in [0.15, 0.2) is 46.3 Å². The van der Waals surface area contributed by atoms with Crippen LogP contribution in [0.2, 0.25) is 0 Å². The van der Waals surface area contributed by atoms with Gasteiger partial charge in [-0.3, -0.25) is 0 Å². The van der Waals surface area contributed by atoms with Gasteiger partial charge in [0.25, 0.3) is 0 Å². The van der Waals surface area contributed by atoms with Crippen molar-refractivity contribution in [1.82, 2.24) is 0 Å². The molecule has 0 unspecified atom stereocenters. The monoisotopic (exact) mass is 344 g/mol. The molecule has 0 saturated carbocycles. The molecule has 2 aliphatic carbocycles. The lowest BCUT2D eigenvalue weighted by Gasteiger charge is -2.35. The van der Waals surface area contributed by atoms with Crippen molar-refractivity contribution in [2.45, 2.75) is 73.3 Å². The molecule has 2 rings (SSSR count). The Labute approximate surface area is 150 Å². The minimum absolute atomic E-state index is 0.0664. The molecule has 24 heavy (non-hydrogen) atoms. The van der Waals surface area contributed by atoms with E-state index in [2.05, 4.69) is 71.4 Å². The summed E-state index contributed by atoms with van der Waals surface area (Å²) in [6.45, 7) is 13.6. The molecule has 0 aromatic rings. The van der Waals surface area contributed by atoms with Gasteiger partial charge in [-0.05, 0) is 73.1 Å². The second-order valence-electron chi connectivity index (χ2n) is 8.64. The van der Waals surface area contributed by atoms with Gasteiger partial charge >= 0.3 is 0 Å². The first-order valence-electron chi connectivity index (χ1n) is 9.09. The minimum Gasteiger partial charge on any atom is -0.393 e. The SMILES string of the molecule is CC1=CCCC(C)(C)C1=CC=P/C=C/C1=C(C)C[C@@H](O)CC1(C)C. The molecule has 0 spiro atoms. The second kappa shape index (κ2) is 7.54. The van der Waals surface area contributed by atoms with Crippen molar-refractivity contribution in [2.75, 3.05) is 0 Å². The fourth-order valence-corrected chi connectivity index (χ4v) is 4.82. The minimum atomic E-state index is -0.186. The van der Waals surface area contributed by atoms with E-state index in [1.807, 2.05) is 0 Å². The molecule has 2 aliphatic rings. The zero-order chi connectivity index (χ0) is 18.0. The van der Waals surface area contributed by atoms with Crippen LogP contribution in [0.1, 0.15) is 67.2 Å². The van der Waals surface area contributed by atoms with Crippen LogP contribution in [0, 0.1) is 10.8 Å². The lowest BCUT2D eigenvalue weighted by atomic mass is 9.72. The Kier molecular flexibility index (Phi) is 6.10. The summed E-state index contributed by atoms with van der Waals surface area (Å²) >= 11 is 0. The summed E-state index contributed by atoms with van der Waals surface area (Å²) in [5.74, 6) is 4.50. The standard InChI is InChI=1S/C22H33OP/c1-16-8-7-11-21(3,4)19(16)9-12-24-13-10-20-17(2)14-18(23)15-22(20,5)6/h8-10,12-13,18,23H,7,11,14-15H2,1-6H3/b13-10+,19-9?/t18-/m1/s1. The normalized spacial score (nSPS) is 28.9. The van der Waals surface area contributed by atoms with Gasteiger partial charge < -0.3 is 5.11 Å². The molecule has 2 heteroatoms. The highest BCUT2D eigenvalue weighted by Gasteiger charge is 2.31. The van der Waals surface area contributed by atoms with Crippen LogP contribution in [0.4, 0.5) is 0 Å². The average molecular weight is 344 g/mol. The maximum atomic E-state index is 9.98. The van der Waals surface area contributed by atoms with Gasteiger partial charge in [0, 0.05) is 0 Å². The van der Waals surface area contributed by atoms with E-state index in [0.717, 1.165) is 12.8 Å². The van der Waals surface area contributed by atoms with Crippen LogP contribution in [0.5, 0.6) is 0 Å². The molecule has 1 nitrogen and oxygen atoms in total. The van der Waals surface area contributed by atoms with Crippen molar-refractivity contribution >= 4 is 14.0 Å². The second-order valence-corrected chi connectivity index (χ2v) is 9.54. The summed E-state index contributed by atoms with van der Waals surface area (Å²) in [6, 6.07) is 0. The number of hydrogen-bond acceptors (Lipinski definition) is 1. The molecule has 0 radical (unpaired) electrons. The predicted molar refractivity (Wildman–Crippen MR) is 109 cm³/mol. The molecule has 1 N–H and O–H groups in total. The van der Waals surface area contributed by atoms with Crippen molar-refractivity contribution in [3.05, 3.63) is 46.3 Å². The van der Waals surface area contributed by atoms with Crippen LogP contribution < -0.4 is 0 Å². The Morgan fingerprint density at radius 2 is 1.88 bits per heavy atom. The van der Waals surface area contributed by atoms with Gasteiger partial charge in [-0.25, -0.2) is 0 Å². The predicted octanol–water partition coefficient (Wildman–Crippen LogP) is 6.44. The van der Waals surface area contributed by atoms with E-state index in [1.165, 1.54) is 43.3 Å². The molecule has 0 bridgehead atoms. The molecule has 0 aromatic heterocycles. The van der Waals surface area contributed by atoms with Crippen molar-refractivity contribution in [1.29, 1.82) is 0 Å². The number of allylic oxidation sites excluding steroid dienone is 6. The molecule has 0 fully saturated rings. The number of rotatable bonds is 3. The quantitative estimate of drug-likeness (QED) is 0.584. The number of aliphatic hydroxyl groups is 1. The summed E-state index contributed by atoms with van der Waals surface area (Å²) in [7, 11) is 1.22. The number of aliphatic hydroxyl groups excluding tert-OH is 1. The van der Waals surface area contributed by atoms with E-state index < -0.39 is 0 Å². The average Bonchev–Trinajstić information content (AvgIpc) is 2.42. The van der Waals surface area contributed by atoms with E-state index in [4.69, 9.17) is 0 Å². The smallest absolute Gasteiger partial charge is 0.0585 e. The first-order chi connectivity index (χ1) is 11.1. The first-order valence-corrected chi connectivity index (χ1v) is 10.1. The van der Waals surface area contributed by atoms with Crippen LogP contribution in [0.25, 0.3) is 0 Å². The Balaban J connectivity index is 2.13. The van der Waals surface area contributed by atoms with Crippen LogP contribution >= 0.6 is 8.20 Å². The van der Waals surface area contributed by atoms with Gasteiger partial charge in [-0.2, -0.15) is 0 Å². The third-order valence-corrected chi connectivity index (χ3v) is 6.15. The maximum absolute atomic E-state index is 9.98. The van der Waals surface area contributed by atoms with Crippen LogP contribution in [-0.2, 0) is 0 Å². The van der Waals surface area contributed by atoms with Gasteiger partial charge in [0.05, 0.1) is 6.10 Å². The molecule has 0 heterocycles. The summed E-state index contributed by atoms with van der Waals surface area (Å²) in [5.41, 5.74) is 5.99. The van der Waals surface area contributed by atoms with E-state index in [0.29, 0.717) is 0 Å². The molecule has 132 valence electrons. The summed E-state index contributed by atoms with van der Waals surface area (Å²) in [4.78, 5) is 0. The molecule has 1 atom stereocenters. The Morgan fingerprint density at radius 1 is 1.17 bits per heavy atom. The van der Waals surface area contributed by atoms with Crippen LogP contribution in [0.3, 0.4) is 0 Å². The zero-order valence-corrected chi connectivity index (χ0v) is 17.1. The molecule has 0 saturated heterocycles. The van der Waals surface area contributed by atoms with Gasteiger partial charge in [-0.15, -0.1) is 0 Å². The van der Waals surface area contributed by atoms with Crippen molar-refractivity contribution in [3.8, 4) is 0 Å². The molecule has 0 aliphatic heterocycles. The maximum Gasteiger partial charge on any atom is 0.0585 e. The summed E-state index contributed by atoms with van der Waals surface area (Å²) in [6.07, 6.45) is 10.9. The lowest BCUT2D eigenvalue weighted by molar-refractivity contribution is 0.116. The lowest BCUT2D eigenvalue weighted by Crippen LogP contribution is -2.28. The van der Waals surface area contributed by atoms with Crippen LogP contribution in [-0.4, -0.2) is 17.0 Å². The van der Waals surface area contributed by atoms with Gasteiger partial charge in [0.1, 0.15) is 0 Å². The molecule has 0 aromatic carbocycles. The summed E-state index contributed by atoms with van der Waals surface area (Å²) in [5, 5.41) is 9.98. The highest BCUT2D eigenvalue weighted by Crippen LogP contribution is 2.41. The Hall–Kier alpha value is -0.910. The molecule has 0 amide bonds. The van der Waals surface area contributed by atoms with Gasteiger partial charge in [0.2, 0.25) is 0 Å². The third kappa shape index (κ3) is 4.58. The fourth-order valence-electron chi connectivity index (χ4n) is 4.25. The van der Waals surface area contributed by atoms with Crippen molar-refractivity contribution in [3.63, 3.8) is 0 Å². The topological polar surface area (TPSA) is 20.2 Å². The first kappa shape index (κ1) is 19.4.